The summed E-state index contributed by atoms with van der Waals surface area (Å²) < 4.78 is 4.81. The van der Waals surface area contributed by atoms with Crippen molar-refractivity contribution in [2.24, 2.45) is 0 Å². The third-order valence-corrected chi connectivity index (χ3v) is 10.5. The van der Waals surface area contributed by atoms with E-state index in [1.165, 1.54) is 48.9 Å². The van der Waals surface area contributed by atoms with Crippen molar-refractivity contribution in [3.05, 3.63) is 188 Å². The Morgan fingerprint density at radius 2 is 0.778 bits per heavy atom. The van der Waals surface area contributed by atoms with Crippen molar-refractivity contribution >= 4 is 54.4 Å². The van der Waals surface area contributed by atoms with Gasteiger partial charge in [-0.1, -0.05) is 127 Å². The number of hydrogen-bond acceptors (Lipinski definition) is 3. The first-order valence-electron chi connectivity index (χ1n) is 18.2. The molecule has 8 aromatic carbocycles. The van der Waals surface area contributed by atoms with Crippen molar-refractivity contribution < 1.29 is 0 Å². The van der Waals surface area contributed by atoms with Crippen LogP contribution in [0.15, 0.2) is 188 Å². The van der Waals surface area contributed by atoms with Gasteiger partial charge in [0.15, 0.2) is 17.5 Å². The first kappa shape index (κ1) is 30.3. The van der Waals surface area contributed by atoms with E-state index >= 15 is 0 Å². The highest BCUT2D eigenvalue weighted by molar-refractivity contribution is 6.22. The number of para-hydroxylation sites is 3. The van der Waals surface area contributed by atoms with Gasteiger partial charge >= 0.3 is 0 Å². The van der Waals surface area contributed by atoms with Crippen LogP contribution in [0.3, 0.4) is 0 Å². The van der Waals surface area contributed by atoms with Crippen molar-refractivity contribution in [2.45, 2.75) is 0 Å². The number of nitrogens with zero attached hydrogens (tertiary/aromatic N) is 5. The minimum atomic E-state index is 0.637. The average Bonchev–Trinajstić information content (AvgIpc) is 3.76. The molecule has 0 bridgehead atoms. The summed E-state index contributed by atoms with van der Waals surface area (Å²) in [5, 5.41) is 7.35. The van der Waals surface area contributed by atoms with Crippen LogP contribution in [0.5, 0.6) is 0 Å². The molecule has 0 N–H and O–H groups in total. The lowest BCUT2D eigenvalue weighted by atomic mass is 10.0. The molecule has 0 unspecified atom stereocenters. The molecule has 0 saturated heterocycles. The fraction of sp³-hybridized carbons (Fsp3) is 0. The van der Waals surface area contributed by atoms with Crippen LogP contribution in [-0.4, -0.2) is 24.1 Å². The van der Waals surface area contributed by atoms with Crippen molar-refractivity contribution in [1.82, 2.24) is 24.1 Å². The zero-order valence-electron chi connectivity index (χ0n) is 29.1. The molecule has 252 valence electrons. The maximum absolute atomic E-state index is 4.98. The summed E-state index contributed by atoms with van der Waals surface area (Å²) in [7, 11) is 0. The normalized spacial score (nSPS) is 11.7. The summed E-state index contributed by atoms with van der Waals surface area (Å²) in [5.74, 6) is 1.94. The van der Waals surface area contributed by atoms with E-state index in [0.29, 0.717) is 17.5 Å². The molecule has 0 amide bonds. The largest absolute Gasteiger partial charge is 0.309 e. The molecule has 0 aliphatic rings. The zero-order chi connectivity index (χ0) is 35.6. The molecule has 11 aromatic rings. The van der Waals surface area contributed by atoms with Crippen molar-refractivity contribution in [3.63, 3.8) is 0 Å². The zero-order valence-corrected chi connectivity index (χ0v) is 29.1. The Bertz CT molecular complexity index is 3120. The van der Waals surface area contributed by atoms with Gasteiger partial charge in [0.2, 0.25) is 0 Å². The maximum atomic E-state index is 4.98. The highest BCUT2D eigenvalue weighted by atomic mass is 15.0. The Labute approximate surface area is 311 Å². The molecule has 0 aliphatic heterocycles. The Morgan fingerprint density at radius 1 is 0.296 bits per heavy atom. The highest BCUT2D eigenvalue weighted by Crippen LogP contribution is 2.41. The van der Waals surface area contributed by atoms with Crippen LogP contribution >= 0.6 is 0 Å². The van der Waals surface area contributed by atoms with Crippen LogP contribution in [0.25, 0.3) is 99.9 Å². The van der Waals surface area contributed by atoms with Gasteiger partial charge in [0.25, 0.3) is 0 Å². The van der Waals surface area contributed by atoms with E-state index < -0.39 is 0 Å². The molecule has 3 heterocycles. The molecule has 5 nitrogen and oxygen atoms in total. The van der Waals surface area contributed by atoms with Gasteiger partial charge in [-0.15, -0.1) is 0 Å². The fourth-order valence-corrected chi connectivity index (χ4v) is 8.07. The summed E-state index contributed by atoms with van der Waals surface area (Å²) in [6, 6.07) is 66.3. The molecule has 0 saturated carbocycles. The van der Waals surface area contributed by atoms with Gasteiger partial charge in [0.05, 0.1) is 22.1 Å². The van der Waals surface area contributed by atoms with Crippen LogP contribution in [0.1, 0.15) is 0 Å². The predicted molar refractivity (Wildman–Crippen MR) is 222 cm³/mol. The number of hydrogen-bond donors (Lipinski definition) is 0. The number of fused-ring (bicyclic) bond motifs is 8. The summed E-state index contributed by atoms with van der Waals surface area (Å²) in [6.45, 7) is 0. The van der Waals surface area contributed by atoms with Crippen molar-refractivity contribution in [3.8, 4) is 45.5 Å². The van der Waals surface area contributed by atoms with Crippen LogP contribution in [0.4, 0.5) is 0 Å². The van der Waals surface area contributed by atoms with E-state index in [9.17, 15) is 0 Å². The molecule has 3 aromatic heterocycles. The Balaban J connectivity index is 1.13. The van der Waals surface area contributed by atoms with Gasteiger partial charge in [0, 0.05) is 55.0 Å². The lowest BCUT2D eigenvalue weighted by Crippen LogP contribution is -2.00. The van der Waals surface area contributed by atoms with E-state index in [4.69, 9.17) is 15.0 Å². The van der Waals surface area contributed by atoms with E-state index in [1.54, 1.807) is 0 Å². The Hall–Kier alpha value is -7.37. The first-order valence-corrected chi connectivity index (χ1v) is 18.2. The van der Waals surface area contributed by atoms with E-state index in [2.05, 4.69) is 137 Å². The molecule has 54 heavy (non-hydrogen) atoms. The van der Waals surface area contributed by atoms with Crippen LogP contribution in [-0.2, 0) is 0 Å². The fourth-order valence-electron chi connectivity index (χ4n) is 8.07. The van der Waals surface area contributed by atoms with Crippen molar-refractivity contribution in [1.29, 1.82) is 0 Å². The lowest BCUT2D eigenvalue weighted by Gasteiger charge is -2.12. The molecule has 0 spiro atoms. The van der Waals surface area contributed by atoms with Gasteiger partial charge in [-0.25, -0.2) is 15.0 Å². The highest BCUT2D eigenvalue weighted by Gasteiger charge is 2.19. The molecule has 0 aliphatic carbocycles. The number of rotatable bonds is 5. The van der Waals surface area contributed by atoms with E-state index in [-0.39, 0.29) is 0 Å². The number of aromatic nitrogens is 5. The van der Waals surface area contributed by atoms with Gasteiger partial charge in [-0.2, -0.15) is 0 Å². The standard InChI is InChI=1S/C49H31N5/c1-4-14-32(15-5-1)47-50-48(33-16-6-2-7-17-33)52-49(51-47)34-24-27-37(28-25-34)54-44-23-13-10-20-38(44)40-29-26-35-30-42-39-21-11-12-22-43(39)53(36-18-8-3-9-19-36)45(42)31-41(35)46(40)54/h1-31H. The van der Waals surface area contributed by atoms with Crippen LogP contribution in [0, 0.1) is 0 Å². The molecule has 0 atom stereocenters. The molecule has 0 radical (unpaired) electrons. The molecule has 0 fully saturated rings. The quantitative estimate of drug-likeness (QED) is 0.181. The average molecular weight is 690 g/mol. The topological polar surface area (TPSA) is 48.5 Å². The monoisotopic (exact) mass is 689 g/mol. The second-order valence-corrected chi connectivity index (χ2v) is 13.7. The molecular weight excluding hydrogens is 659 g/mol. The van der Waals surface area contributed by atoms with Gasteiger partial charge in [-0.3, -0.25) is 0 Å². The summed E-state index contributed by atoms with van der Waals surface area (Å²) in [5.41, 5.74) is 9.78. The smallest absolute Gasteiger partial charge is 0.164 e. The predicted octanol–water partition coefficient (Wildman–Crippen LogP) is 12.2. The molecular formula is C49H31N5. The second-order valence-electron chi connectivity index (χ2n) is 13.7. The summed E-state index contributed by atoms with van der Waals surface area (Å²) >= 11 is 0. The van der Waals surface area contributed by atoms with Gasteiger partial charge < -0.3 is 9.13 Å². The SMILES string of the molecule is c1ccc(-c2nc(-c3ccccc3)nc(-c3ccc(-n4c5ccccc5c5ccc6cc7c8ccccc8n(-c8ccccc8)c7cc6c54)cc3)n2)cc1. The summed E-state index contributed by atoms with van der Waals surface area (Å²) in [6.07, 6.45) is 0. The Kier molecular flexibility index (Phi) is 6.79. The molecule has 5 heteroatoms. The van der Waals surface area contributed by atoms with Gasteiger partial charge in [0.1, 0.15) is 0 Å². The van der Waals surface area contributed by atoms with E-state index in [1.807, 2.05) is 60.7 Å². The van der Waals surface area contributed by atoms with Crippen molar-refractivity contribution in [2.75, 3.05) is 0 Å². The van der Waals surface area contributed by atoms with Gasteiger partial charge in [-0.05, 0) is 66.0 Å². The Morgan fingerprint density at radius 3 is 1.39 bits per heavy atom. The first-order chi connectivity index (χ1) is 26.8. The maximum Gasteiger partial charge on any atom is 0.164 e. The lowest BCUT2D eigenvalue weighted by molar-refractivity contribution is 1.07. The third kappa shape index (κ3) is 4.76. The van der Waals surface area contributed by atoms with E-state index in [0.717, 1.165) is 33.6 Å². The minimum absolute atomic E-state index is 0.637. The number of benzene rings is 8. The molecule has 11 rings (SSSR count). The third-order valence-electron chi connectivity index (χ3n) is 10.5. The van der Waals surface area contributed by atoms with Crippen LogP contribution < -0.4 is 0 Å². The second kappa shape index (κ2) is 12.1. The summed E-state index contributed by atoms with van der Waals surface area (Å²) in [4.78, 5) is 14.9. The minimum Gasteiger partial charge on any atom is -0.309 e. The van der Waals surface area contributed by atoms with Crippen LogP contribution in [0.2, 0.25) is 0 Å².